The fourth-order valence-corrected chi connectivity index (χ4v) is 2.92. The number of nitrogens with zero attached hydrogens (tertiary/aromatic N) is 1. The first kappa shape index (κ1) is 14.2. The minimum atomic E-state index is 0.419. The van der Waals surface area contributed by atoms with E-state index in [2.05, 4.69) is 61.2 Å². The predicted octanol–water partition coefficient (Wildman–Crippen LogP) is 4.03. The molecule has 0 amide bonds. The van der Waals surface area contributed by atoms with Gasteiger partial charge in [0.2, 0.25) is 0 Å². The normalized spacial score (nSPS) is 15.7. The first-order valence-electron chi connectivity index (χ1n) is 7.79. The van der Waals surface area contributed by atoms with Crippen LogP contribution in [-0.4, -0.2) is 17.5 Å². The molecule has 2 heteroatoms. The Labute approximate surface area is 127 Å². The highest BCUT2D eigenvalue weighted by Crippen LogP contribution is 2.25. The topological polar surface area (TPSA) is 12.5 Å². The lowest BCUT2D eigenvalue weighted by atomic mass is 10.1. The van der Waals surface area contributed by atoms with Crippen molar-refractivity contribution in [1.29, 1.82) is 0 Å². The summed E-state index contributed by atoms with van der Waals surface area (Å²) in [6.45, 7) is 7.24. The minimum absolute atomic E-state index is 0.419. The van der Waals surface area contributed by atoms with Gasteiger partial charge in [-0.25, -0.2) is 0 Å². The third-order valence-electron chi connectivity index (χ3n) is 4.32. The van der Waals surface area contributed by atoms with E-state index in [1.807, 2.05) is 6.07 Å². The molecule has 1 aliphatic heterocycles. The maximum atomic E-state index is 6.06. The van der Waals surface area contributed by atoms with Crippen molar-refractivity contribution in [2.75, 3.05) is 6.61 Å². The molecule has 21 heavy (non-hydrogen) atoms. The summed E-state index contributed by atoms with van der Waals surface area (Å²) in [5.74, 6) is 1.03. The minimum Gasteiger partial charge on any atom is -0.492 e. The summed E-state index contributed by atoms with van der Waals surface area (Å²) in [7, 11) is 0. The van der Waals surface area contributed by atoms with Gasteiger partial charge in [-0.1, -0.05) is 49.4 Å². The van der Waals surface area contributed by atoms with Crippen LogP contribution in [-0.2, 0) is 19.5 Å². The fraction of sp³-hybridized carbons (Fsp3) is 0.368. The maximum Gasteiger partial charge on any atom is 0.122 e. The quantitative estimate of drug-likeness (QED) is 0.820. The molecule has 2 aromatic rings. The summed E-state index contributed by atoms with van der Waals surface area (Å²) < 4.78 is 6.06. The number of benzene rings is 2. The van der Waals surface area contributed by atoms with Crippen molar-refractivity contribution < 1.29 is 4.74 Å². The van der Waals surface area contributed by atoms with Crippen LogP contribution in [0.15, 0.2) is 48.5 Å². The number of para-hydroxylation sites is 1. The summed E-state index contributed by atoms with van der Waals surface area (Å²) >= 11 is 0. The van der Waals surface area contributed by atoms with Crippen LogP contribution in [0.1, 0.15) is 30.5 Å². The molecule has 0 fully saturated rings. The van der Waals surface area contributed by atoms with E-state index in [-0.39, 0.29) is 0 Å². The molecular formula is C19H23NO. The molecule has 0 spiro atoms. The molecule has 0 saturated heterocycles. The van der Waals surface area contributed by atoms with Gasteiger partial charge in [0.25, 0.3) is 0 Å². The molecule has 0 aromatic heterocycles. The summed E-state index contributed by atoms with van der Waals surface area (Å²) in [4.78, 5) is 2.49. The second-order valence-electron chi connectivity index (χ2n) is 5.79. The van der Waals surface area contributed by atoms with Gasteiger partial charge >= 0.3 is 0 Å². The maximum absolute atomic E-state index is 6.06. The zero-order valence-electron chi connectivity index (χ0n) is 12.9. The number of fused-ring (bicyclic) bond motifs is 1. The predicted molar refractivity (Wildman–Crippen MR) is 86.5 cm³/mol. The van der Waals surface area contributed by atoms with Crippen molar-refractivity contribution >= 4 is 0 Å². The molecule has 3 rings (SSSR count). The van der Waals surface area contributed by atoms with Gasteiger partial charge in [0.05, 0.1) is 0 Å². The largest absolute Gasteiger partial charge is 0.492 e. The number of ether oxygens (including phenoxy) is 1. The summed E-state index contributed by atoms with van der Waals surface area (Å²) in [6.07, 6.45) is 1.01. The first-order chi connectivity index (χ1) is 10.3. The van der Waals surface area contributed by atoms with E-state index >= 15 is 0 Å². The van der Waals surface area contributed by atoms with Gasteiger partial charge < -0.3 is 4.74 Å². The highest BCUT2D eigenvalue weighted by molar-refractivity contribution is 5.33. The molecule has 0 bridgehead atoms. The molecule has 0 radical (unpaired) electrons. The molecule has 2 nitrogen and oxygen atoms in total. The van der Waals surface area contributed by atoms with E-state index in [0.29, 0.717) is 6.04 Å². The Kier molecular flexibility index (Phi) is 4.26. The lowest BCUT2D eigenvalue weighted by Crippen LogP contribution is -2.33. The van der Waals surface area contributed by atoms with Crippen LogP contribution in [0.2, 0.25) is 0 Å². The summed E-state index contributed by atoms with van der Waals surface area (Å²) in [5, 5.41) is 0. The van der Waals surface area contributed by atoms with Crippen LogP contribution in [0.3, 0.4) is 0 Å². The Morgan fingerprint density at radius 2 is 1.62 bits per heavy atom. The van der Waals surface area contributed by atoms with Crippen LogP contribution in [0.4, 0.5) is 0 Å². The van der Waals surface area contributed by atoms with Crippen LogP contribution in [0.25, 0.3) is 0 Å². The second kappa shape index (κ2) is 6.31. The second-order valence-corrected chi connectivity index (χ2v) is 5.79. The smallest absolute Gasteiger partial charge is 0.122 e. The molecule has 110 valence electrons. The van der Waals surface area contributed by atoms with E-state index in [1.54, 1.807) is 0 Å². The number of aryl methyl sites for hydroxylation is 1. The Morgan fingerprint density at radius 3 is 2.29 bits per heavy atom. The molecule has 1 aliphatic rings. The van der Waals surface area contributed by atoms with Crippen molar-refractivity contribution in [3.63, 3.8) is 0 Å². The number of hydrogen-bond acceptors (Lipinski definition) is 2. The third kappa shape index (κ3) is 3.11. The van der Waals surface area contributed by atoms with Crippen LogP contribution >= 0.6 is 0 Å². The molecular weight excluding hydrogens is 258 g/mol. The highest BCUT2D eigenvalue weighted by atomic mass is 16.5. The lowest BCUT2D eigenvalue weighted by molar-refractivity contribution is 0.145. The zero-order valence-corrected chi connectivity index (χ0v) is 12.9. The molecule has 0 N–H and O–H groups in total. The third-order valence-corrected chi connectivity index (χ3v) is 4.32. The monoisotopic (exact) mass is 281 g/mol. The fourth-order valence-electron chi connectivity index (χ4n) is 2.92. The molecule has 1 heterocycles. The van der Waals surface area contributed by atoms with Crippen molar-refractivity contribution in [2.24, 2.45) is 0 Å². The molecule has 1 atom stereocenters. The Bertz CT molecular complexity index is 583. The zero-order chi connectivity index (χ0) is 14.7. The molecule has 1 unspecified atom stereocenters. The standard InChI is InChI=1S/C19H23NO/c1-3-16-8-6-7-11-19(16)21-14-15(2)20-12-17-9-4-5-10-18(17)13-20/h4-11,15H,3,12-14H2,1-2H3. The summed E-state index contributed by atoms with van der Waals surface area (Å²) in [5.41, 5.74) is 4.20. The van der Waals surface area contributed by atoms with Gasteiger partial charge in [-0.3, -0.25) is 4.90 Å². The van der Waals surface area contributed by atoms with Gasteiger partial charge in [-0.15, -0.1) is 0 Å². The van der Waals surface area contributed by atoms with Crippen molar-refractivity contribution in [3.8, 4) is 5.75 Å². The molecule has 0 aliphatic carbocycles. The SMILES string of the molecule is CCc1ccccc1OCC(C)N1Cc2ccccc2C1. The van der Waals surface area contributed by atoms with E-state index in [0.717, 1.165) is 31.9 Å². The van der Waals surface area contributed by atoms with Crippen LogP contribution < -0.4 is 4.74 Å². The van der Waals surface area contributed by atoms with E-state index in [4.69, 9.17) is 4.74 Å². The summed E-state index contributed by atoms with van der Waals surface area (Å²) in [6, 6.07) is 17.5. The Morgan fingerprint density at radius 1 is 1.00 bits per heavy atom. The van der Waals surface area contributed by atoms with Crippen LogP contribution in [0, 0.1) is 0 Å². The van der Waals surface area contributed by atoms with Crippen molar-refractivity contribution in [2.45, 2.75) is 39.4 Å². The van der Waals surface area contributed by atoms with Gasteiger partial charge in [-0.2, -0.15) is 0 Å². The van der Waals surface area contributed by atoms with Crippen molar-refractivity contribution in [3.05, 3.63) is 65.2 Å². The first-order valence-corrected chi connectivity index (χ1v) is 7.79. The molecule has 0 saturated carbocycles. The molecule has 2 aromatic carbocycles. The Hall–Kier alpha value is -1.80. The van der Waals surface area contributed by atoms with Gasteiger partial charge in [0, 0.05) is 19.1 Å². The average molecular weight is 281 g/mol. The van der Waals surface area contributed by atoms with E-state index in [1.165, 1.54) is 16.7 Å². The number of rotatable bonds is 5. The number of hydrogen-bond donors (Lipinski definition) is 0. The lowest BCUT2D eigenvalue weighted by Gasteiger charge is -2.24. The highest BCUT2D eigenvalue weighted by Gasteiger charge is 2.23. The van der Waals surface area contributed by atoms with Crippen molar-refractivity contribution in [1.82, 2.24) is 4.90 Å². The van der Waals surface area contributed by atoms with Crippen LogP contribution in [0.5, 0.6) is 5.75 Å². The Balaban J connectivity index is 1.59. The van der Waals surface area contributed by atoms with Gasteiger partial charge in [0.15, 0.2) is 0 Å². The van der Waals surface area contributed by atoms with Gasteiger partial charge in [0.1, 0.15) is 12.4 Å². The average Bonchev–Trinajstić information content (AvgIpc) is 2.97. The van der Waals surface area contributed by atoms with E-state index < -0.39 is 0 Å². The van der Waals surface area contributed by atoms with Gasteiger partial charge in [-0.05, 0) is 36.1 Å². The van der Waals surface area contributed by atoms with E-state index in [9.17, 15) is 0 Å².